The Balaban J connectivity index is 1.72. The van der Waals surface area contributed by atoms with E-state index in [1.54, 1.807) is 12.1 Å². The van der Waals surface area contributed by atoms with Crippen molar-refractivity contribution >= 4 is 29.1 Å². The van der Waals surface area contributed by atoms with Gasteiger partial charge in [0.25, 0.3) is 0 Å². The third-order valence-electron chi connectivity index (χ3n) is 3.97. The molecule has 0 bridgehead atoms. The monoisotopic (exact) mass is 417 g/mol. The number of alkyl halides is 5. The van der Waals surface area contributed by atoms with Gasteiger partial charge in [0.2, 0.25) is 11.7 Å². The smallest absolute Gasteiger partial charge is 0.329 e. The lowest BCUT2D eigenvalue weighted by Crippen LogP contribution is -2.33. The minimum Gasteiger partial charge on any atom is -0.329 e. The zero-order valence-corrected chi connectivity index (χ0v) is 15.1. The van der Waals surface area contributed by atoms with Crippen LogP contribution in [0.5, 0.6) is 0 Å². The largest absolute Gasteiger partial charge is 0.471 e. The summed E-state index contributed by atoms with van der Waals surface area (Å²) in [6.07, 6.45) is 0.983. The lowest BCUT2D eigenvalue weighted by Gasteiger charge is -2.21. The van der Waals surface area contributed by atoms with Gasteiger partial charge >= 0.3 is 12.1 Å². The molecular formula is C17H12Cl2F3N3O2. The first kappa shape index (κ1) is 19.5. The van der Waals surface area contributed by atoms with Crippen molar-refractivity contribution < 1.29 is 22.5 Å². The fourth-order valence-electron chi connectivity index (χ4n) is 2.46. The Labute approximate surface area is 162 Å². The summed E-state index contributed by atoms with van der Waals surface area (Å²) in [4.78, 5) is 17.2. The molecule has 0 radical (unpaired) electrons. The van der Waals surface area contributed by atoms with Crippen LogP contribution in [0.3, 0.4) is 0 Å². The molecule has 1 heterocycles. The minimum atomic E-state index is -4.70. The maximum atomic E-state index is 12.5. The average Bonchev–Trinajstić information content (AvgIpc) is 3.01. The van der Waals surface area contributed by atoms with Gasteiger partial charge in [0.05, 0.1) is 12.5 Å². The number of carbonyl (C=O) groups is 1. The quantitative estimate of drug-likeness (QED) is 0.546. The Bertz CT molecular complexity index is 888. The van der Waals surface area contributed by atoms with Gasteiger partial charge in [-0.1, -0.05) is 35.3 Å². The van der Waals surface area contributed by atoms with Gasteiger partial charge in [0.1, 0.15) is 4.33 Å². The van der Waals surface area contributed by atoms with Gasteiger partial charge in [-0.2, -0.15) is 18.2 Å². The highest BCUT2D eigenvalue weighted by atomic mass is 35.5. The zero-order chi connectivity index (χ0) is 19.8. The predicted octanol–water partition coefficient (Wildman–Crippen LogP) is 3.91. The highest BCUT2D eigenvalue weighted by Gasteiger charge is 2.57. The summed E-state index contributed by atoms with van der Waals surface area (Å²) in [5, 5.41) is 3.32. The lowest BCUT2D eigenvalue weighted by atomic mass is 10.1. The number of halogens is 5. The van der Waals surface area contributed by atoms with Crippen molar-refractivity contribution in [2.75, 3.05) is 6.54 Å². The molecule has 0 saturated heterocycles. The number of aromatic nitrogens is 2. The van der Waals surface area contributed by atoms with Crippen LogP contribution in [-0.2, 0) is 17.5 Å². The molecule has 2 aromatic rings. The predicted molar refractivity (Wildman–Crippen MR) is 91.5 cm³/mol. The second kappa shape index (κ2) is 7.06. The number of benzene rings is 1. The highest BCUT2D eigenvalue weighted by Crippen LogP contribution is 2.54. The molecule has 1 aliphatic rings. The molecule has 1 saturated carbocycles. The summed E-state index contributed by atoms with van der Waals surface area (Å²) in [5.41, 5.74) is 1.06. The SMILES string of the molecule is C#CCN(Cc1ccc(-c2noc(C(F)(F)F)n2)cc1)C(=O)C1CC1(Cl)Cl. The van der Waals surface area contributed by atoms with Crippen LogP contribution in [0, 0.1) is 18.3 Å². The first-order valence-electron chi connectivity index (χ1n) is 7.72. The van der Waals surface area contributed by atoms with E-state index in [9.17, 15) is 18.0 Å². The zero-order valence-electron chi connectivity index (χ0n) is 13.6. The molecule has 0 spiro atoms. The van der Waals surface area contributed by atoms with E-state index in [1.807, 2.05) is 0 Å². The molecule has 3 rings (SSSR count). The molecule has 1 aliphatic carbocycles. The van der Waals surface area contributed by atoms with E-state index in [1.165, 1.54) is 17.0 Å². The summed E-state index contributed by atoms with van der Waals surface area (Å²) in [7, 11) is 0. The maximum absolute atomic E-state index is 12.5. The standard InChI is InChI=1S/C17H12Cl2F3N3O2/c1-2-7-25(14(26)12-8-16(12,18)19)9-10-3-5-11(6-4-10)13-23-15(27-24-13)17(20,21)22/h1,3-6,12H,7-9H2. The van der Waals surface area contributed by atoms with Gasteiger partial charge in [-0.25, -0.2) is 0 Å². The lowest BCUT2D eigenvalue weighted by molar-refractivity contribution is -0.159. The molecule has 10 heteroatoms. The van der Waals surface area contributed by atoms with Crippen LogP contribution in [-0.4, -0.2) is 31.8 Å². The Morgan fingerprint density at radius 2 is 2.00 bits per heavy atom. The second-order valence-electron chi connectivity index (χ2n) is 6.03. The highest BCUT2D eigenvalue weighted by molar-refractivity contribution is 6.52. The molecule has 0 N–H and O–H groups in total. The third kappa shape index (κ3) is 4.37. The van der Waals surface area contributed by atoms with Crippen LogP contribution in [0.25, 0.3) is 11.4 Å². The Kier molecular flexibility index (Phi) is 5.10. The number of hydrogen-bond donors (Lipinski definition) is 0. The molecule has 1 atom stereocenters. The van der Waals surface area contributed by atoms with Crippen molar-refractivity contribution in [3.05, 3.63) is 35.7 Å². The number of terminal acetylenes is 1. The molecular weight excluding hydrogens is 406 g/mol. The molecule has 27 heavy (non-hydrogen) atoms. The van der Waals surface area contributed by atoms with Gasteiger partial charge < -0.3 is 9.42 Å². The average molecular weight is 418 g/mol. The van der Waals surface area contributed by atoms with Gasteiger partial charge in [0, 0.05) is 12.1 Å². The Morgan fingerprint density at radius 3 is 2.48 bits per heavy atom. The summed E-state index contributed by atoms with van der Waals surface area (Å²) in [5.74, 6) is 0.0830. The number of nitrogens with zero attached hydrogens (tertiary/aromatic N) is 3. The fraction of sp³-hybridized carbons (Fsp3) is 0.353. The third-order valence-corrected chi connectivity index (χ3v) is 4.81. The van der Waals surface area contributed by atoms with Gasteiger partial charge in [0.15, 0.2) is 0 Å². The first-order chi connectivity index (χ1) is 12.6. The van der Waals surface area contributed by atoms with Crippen molar-refractivity contribution in [3.8, 4) is 23.7 Å². The van der Waals surface area contributed by atoms with Gasteiger partial charge in [-0.3, -0.25) is 4.79 Å². The van der Waals surface area contributed by atoms with Crippen LogP contribution in [0.15, 0.2) is 28.8 Å². The van der Waals surface area contributed by atoms with E-state index in [0.717, 1.165) is 5.56 Å². The van der Waals surface area contributed by atoms with Gasteiger partial charge in [-0.15, -0.1) is 29.6 Å². The van der Waals surface area contributed by atoms with Crippen LogP contribution in [0.1, 0.15) is 17.9 Å². The Morgan fingerprint density at radius 1 is 1.37 bits per heavy atom. The Hall–Kier alpha value is -2.24. The van der Waals surface area contributed by atoms with Crippen molar-refractivity contribution in [2.45, 2.75) is 23.5 Å². The fourth-order valence-corrected chi connectivity index (χ4v) is 2.95. The number of carbonyl (C=O) groups excluding carboxylic acids is 1. The first-order valence-corrected chi connectivity index (χ1v) is 8.47. The maximum Gasteiger partial charge on any atom is 0.471 e. The van der Waals surface area contributed by atoms with Crippen molar-refractivity contribution in [1.82, 2.24) is 15.0 Å². The molecule has 5 nitrogen and oxygen atoms in total. The van der Waals surface area contributed by atoms with Gasteiger partial charge in [-0.05, 0) is 12.0 Å². The molecule has 1 amide bonds. The van der Waals surface area contributed by atoms with E-state index < -0.39 is 22.3 Å². The van der Waals surface area contributed by atoms with E-state index in [-0.39, 0.29) is 24.8 Å². The van der Waals surface area contributed by atoms with Crippen molar-refractivity contribution in [3.63, 3.8) is 0 Å². The molecule has 1 unspecified atom stereocenters. The molecule has 1 aromatic heterocycles. The van der Waals surface area contributed by atoms with Crippen molar-refractivity contribution in [1.29, 1.82) is 0 Å². The van der Waals surface area contributed by atoms with Crippen LogP contribution >= 0.6 is 23.2 Å². The van der Waals surface area contributed by atoms with Crippen LogP contribution < -0.4 is 0 Å². The molecule has 0 aliphatic heterocycles. The topological polar surface area (TPSA) is 59.2 Å². The molecule has 1 fully saturated rings. The summed E-state index contributed by atoms with van der Waals surface area (Å²) in [6.45, 7) is 0.296. The number of rotatable bonds is 5. The second-order valence-corrected chi connectivity index (χ2v) is 7.58. The van der Waals surface area contributed by atoms with Crippen molar-refractivity contribution in [2.24, 2.45) is 5.92 Å². The van der Waals surface area contributed by atoms with Crippen LogP contribution in [0.2, 0.25) is 0 Å². The number of amides is 1. The normalized spacial score (nSPS) is 18.0. The summed E-state index contributed by atoms with van der Waals surface area (Å²) in [6, 6.07) is 6.33. The summed E-state index contributed by atoms with van der Waals surface area (Å²) < 4.78 is 40.7. The van der Waals surface area contributed by atoms with E-state index >= 15 is 0 Å². The molecule has 1 aromatic carbocycles. The molecule has 142 valence electrons. The number of hydrogen-bond acceptors (Lipinski definition) is 4. The summed E-state index contributed by atoms with van der Waals surface area (Å²) >= 11 is 11.9. The minimum absolute atomic E-state index is 0.0841. The van der Waals surface area contributed by atoms with E-state index in [2.05, 4.69) is 20.6 Å². The van der Waals surface area contributed by atoms with Crippen LogP contribution in [0.4, 0.5) is 13.2 Å². The van der Waals surface area contributed by atoms with E-state index in [4.69, 9.17) is 29.6 Å². The van der Waals surface area contributed by atoms with E-state index in [0.29, 0.717) is 12.0 Å².